The number of likely N-dealkylation sites (tertiary alicyclic amines) is 1. The molecule has 1 aromatic rings. The maximum Gasteiger partial charge on any atom is 0.573 e. The van der Waals surface area contributed by atoms with Gasteiger partial charge in [-0.05, 0) is 31.2 Å². The van der Waals surface area contributed by atoms with Crippen molar-refractivity contribution in [2.24, 2.45) is 5.92 Å². The van der Waals surface area contributed by atoms with Crippen LogP contribution < -0.4 is 10.1 Å². The molecule has 1 fully saturated rings. The molecule has 0 aliphatic carbocycles. The summed E-state index contributed by atoms with van der Waals surface area (Å²) in [6.45, 7) is 1.24. The molecule has 5 nitrogen and oxygen atoms in total. The molecule has 1 heterocycles. The minimum absolute atomic E-state index is 0.0703. The molecule has 1 aliphatic rings. The topological polar surface area (TPSA) is 61.8 Å². The summed E-state index contributed by atoms with van der Waals surface area (Å²) in [5.41, 5.74) is 0.485. The van der Waals surface area contributed by atoms with E-state index in [0.29, 0.717) is 18.5 Å². The number of carbonyl (C=O) groups is 1. The van der Waals surface area contributed by atoms with Gasteiger partial charge in [-0.3, -0.25) is 4.79 Å². The van der Waals surface area contributed by atoms with Crippen LogP contribution in [0.4, 0.5) is 13.2 Å². The fraction of sp³-hybridized carbons (Fsp3) is 0.533. The number of nitrogens with one attached hydrogen (secondary N) is 1. The molecule has 1 saturated heterocycles. The highest BCUT2D eigenvalue weighted by molar-refractivity contribution is 5.79. The summed E-state index contributed by atoms with van der Waals surface area (Å²) in [5.74, 6) is -1.18. The Morgan fingerprint density at radius 3 is 2.91 bits per heavy atom. The number of ether oxygens (including phenoxy) is 1. The molecule has 8 heteroatoms. The van der Waals surface area contributed by atoms with Crippen molar-refractivity contribution in [1.82, 2.24) is 10.2 Å². The highest BCUT2D eigenvalue weighted by atomic mass is 19.4. The van der Waals surface area contributed by atoms with Crippen LogP contribution in [0.5, 0.6) is 5.75 Å². The molecule has 0 aromatic heterocycles. The van der Waals surface area contributed by atoms with Crippen LogP contribution in [0.3, 0.4) is 0 Å². The zero-order chi connectivity index (χ0) is 17.0. The number of hydrogen-bond donors (Lipinski definition) is 2. The lowest BCUT2D eigenvalue weighted by molar-refractivity contribution is -0.274. The van der Waals surface area contributed by atoms with E-state index in [0.717, 1.165) is 6.54 Å². The van der Waals surface area contributed by atoms with Crippen LogP contribution >= 0.6 is 0 Å². The van der Waals surface area contributed by atoms with E-state index < -0.39 is 18.4 Å². The second-order valence-corrected chi connectivity index (χ2v) is 5.64. The molecule has 1 amide bonds. The van der Waals surface area contributed by atoms with Crippen molar-refractivity contribution in [3.8, 4) is 5.75 Å². The molecular formula is C15H19F3N2O3. The summed E-state index contributed by atoms with van der Waals surface area (Å²) in [5, 5.41) is 12.5. The van der Waals surface area contributed by atoms with Crippen molar-refractivity contribution in [3.05, 3.63) is 29.8 Å². The number of amides is 1. The molecule has 0 saturated carbocycles. The maximum atomic E-state index is 12.2. The van der Waals surface area contributed by atoms with Crippen molar-refractivity contribution in [3.63, 3.8) is 0 Å². The third-order valence-corrected chi connectivity index (χ3v) is 3.71. The minimum atomic E-state index is -4.75. The van der Waals surface area contributed by atoms with Crippen LogP contribution in [0, 0.1) is 5.92 Å². The van der Waals surface area contributed by atoms with Gasteiger partial charge in [-0.15, -0.1) is 13.2 Å². The summed E-state index contributed by atoms with van der Waals surface area (Å²) < 4.78 is 40.4. The van der Waals surface area contributed by atoms with Crippen LogP contribution in [0.25, 0.3) is 0 Å². The predicted octanol–water partition coefficient (Wildman–Crippen LogP) is 1.51. The lowest BCUT2D eigenvalue weighted by Gasteiger charge is -2.32. The van der Waals surface area contributed by atoms with Gasteiger partial charge in [0.15, 0.2) is 0 Å². The standard InChI is InChI=1S/C15H19F3N2O3/c1-20-6-5-13(21)12(9-20)14(22)19-8-10-3-2-4-11(7-10)23-15(16,17)18/h2-4,7,12-13,21H,5-6,8-9H2,1H3,(H,19,22)/t12-,13+/m1/s1. The number of benzene rings is 1. The smallest absolute Gasteiger partial charge is 0.406 e. The van der Waals surface area contributed by atoms with Gasteiger partial charge in [0, 0.05) is 19.6 Å². The number of halogens is 3. The first-order valence-corrected chi connectivity index (χ1v) is 7.23. The third-order valence-electron chi connectivity index (χ3n) is 3.71. The van der Waals surface area contributed by atoms with Crippen LogP contribution in [-0.2, 0) is 11.3 Å². The van der Waals surface area contributed by atoms with Crippen LogP contribution in [0.15, 0.2) is 24.3 Å². The van der Waals surface area contributed by atoms with Crippen molar-refractivity contribution < 1.29 is 27.8 Å². The fourth-order valence-electron chi connectivity index (χ4n) is 2.53. The lowest BCUT2D eigenvalue weighted by atomic mass is 9.94. The Labute approximate surface area is 132 Å². The zero-order valence-corrected chi connectivity index (χ0v) is 12.6. The first-order chi connectivity index (χ1) is 10.7. The SMILES string of the molecule is CN1CC[C@H](O)[C@H](C(=O)NCc2cccc(OC(F)(F)F)c2)C1. The van der Waals surface area contributed by atoms with E-state index in [1.54, 1.807) is 6.07 Å². The van der Waals surface area contributed by atoms with E-state index in [-0.39, 0.29) is 18.2 Å². The van der Waals surface area contributed by atoms with Crippen LogP contribution in [0.1, 0.15) is 12.0 Å². The molecule has 0 spiro atoms. The number of alkyl halides is 3. The van der Waals surface area contributed by atoms with Crippen LogP contribution in [-0.4, -0.2) is 48.5 Å². The Bertz CT molecular complexity index is 551. The van der Waals surface area contributed by atoms with Gasteiger partial charge in [0.05, 0.1) is 12.0 Å². The quantitative estimate of drug-likeness (QED) is 0.877. The van der Waals surface area contributed by atoms with Gasteiger partial charge in [0.25, 0.3) is 0 Å². The Balaban J connectivity index is 1.92. The van der Waals surface area contributed by atoms with Gasteiger partial charge in [-0.2, -0.15) is 0 Å². The Kier molecular flexibility index (Phi) is 5.48. The van der Waals surface area contributed by atoms with E-state index in [1.807, 2.05) is 11.9 Å². The molecule has 1 aliphatic heterocycles. The molecule has 23 heavy (non-hydrogen) atoms. The summed E-state index contributed by atoms with van der Waals surface area (Å²) in [7, 11) is 1.87. The summed E-state index contributed by atoms with van der Waals surface area (Å²) in [4.78, 5) is 14.1. The highest BCUT2D eigenvalue weighted by Crippen LogP contribution is 2.23. The van der Waals surface area contributed by atoms with Crippen molar-refractivity contribution in [2.45, 2.75) is 25.4 Å². The number of aliphatic hydroxyl groups excluding tert-OH is 1. The third kappa shape index (κ3) is 5.40. The van der Waals surface area contributed by atoms with E-state index in [9.17, 15) is 23.1 Å². The molecule has 2 atom stereocenters. The van der Waals surface area contributed by atoms with Gasteiger partial charge in [0.2, 0.25) is 5.91 Å². The van der Waals surface area contributed by atoms with E-state index in [4.69, 9.17) is 0 Å². The Morgan fingerprint density at radius 1 is 1.48 bits per heavy atom. The van der Waals surface area contributed by atoms with E-state index >= 15 is 0 Å². The number of piperidine rings is 1. The molecular weight excluding hydrogens is 313 g/mol. The first-order valence-electron chi connectivity index (χ1n) is 7.23. The average Bonchev–Trinajstić information content (AvgIpc) is 2.46. The summed E-state index contributed by atoms with van der Waals surface area (Å²) >= 11 is 0. The van der Waals surface area contributed by atoms with E-state index in [2.05, 4.69) is 10.1 Å². The average molecular weight is 332 g/mol. The van der Waals surface area contributed by atoms with E-state index in [1.165, 1.54) is 18.2 Å². The Morgan fingerprint density at radius 2 is 2.22 bits per heavy atom. The summed E-state index contributed by atoms with van der Waals surface area (Å²) in [6.07, 6.45) is -4.94. The molecule has 2 rings (SSSR count). The molecule has 128 valence electrons. The van der Waals surface area contributed by atoms with Gasteiger partial charge >= 0.3 is 6.36 Å². The van der Waals surface area contributed by atoms with Gasteiger partial charge in [0.1, 0.15) is 5.75 Å². The first kappa shape index (κ1) is 17.6. The Hall–Kier alpha value is -1.80. The lowest BCUT2D eigenvalue weighted by Crippen LogP contribution is -2.48. The van der Waals surface area contributed by atoms with Gasteiger partial charge in [-0.1, -0.05) is 12.1 Å². The number of carbonyl (C=O) groups excluding carboxylic acids is 1. The minimum Gasteiger partial charge on any atom is -0.406 e. The van der Waals surface area contributed by atoms with Gasteiger partial charge < -0.3 is 20.1 Å². The molecule has 1 aromatic carbocycles. The second kappa shape index (κ2) is 7.18. The fourth-order valence-corrected chi connectivity index (χ4v) is 2.53. The number of aliphatic hydroxyl groups is 1. The second-order valence-electron chi connectivity index (χ2n) is 5.64. The summed E-state index contributed by atoms with van der Waals surface area (Å²) in [6, 6.07) is 5.43. The van der Waals surface area contributed by atoms with Gasteiger partial charge in [-0.25, -0.2) is 0 Å². The predicted molar refractivity (Wildman–Crippen MR) is 76.6 cm³/mol. The number of hydrogen-bond acceptors (Lipinski definition) is 4. The normalized spacial score (nSPS) is 22.7. The maximum absolute atomic E-state index is 12.2. The van der Waals surface area contributed by atoms with Crippen LogP contribution in [0.2, 0.25) is 0 Å². The molecule has 0 radical (unpaired) electrons. The number of rotatable bonds is 4. The largest absolute Gasteiger partial charge is 0.573 e. The van der Waals surface area contributed by atoms with Crippen molar-refractivity contribution in [2.75, 3.05) is 20.1 Å². The number of nitrogens with zero attached hydrogens (tertiary/aromatic N) is 1. The zero-order valence-electron chi connectivity index (χ0n) is 12.6. The monoisotopic (exact) mass is 332 g/mol. The molecule has 0 bridgehead atoms. The van der Waals surface area contributed by atoms with Crippen molar-refractivity contribution in [1.29, 1.82) is 0 Å². The van der Waals surface area contributed by atoms with Crippen molar-refractivity contribution >= 4 is 5.91 Å². The molecule has 0 unspecified atom stereocenters. The molecule has 2 N–H and O–H groups in total. The highest BCUT2D eigenvalue weighted by Gasteiger charge is 2.32.